The molecule has 20 heavy (non-hydrogen) atoms. The summed E-state index contributed by atoms with van der Waals surface area (Å²) >= 11 is 0. The van der Waals surface area contributed by atoms with Gasteiger partial charge in [0.25, 0.3) is 0 Å². The topological polar surface area (TPSA) is 83.5 Å². The van der Waals surface area contributed by atoms with Crippen molar-refractivity contribution in [3.05, 3.63) is 29.6 Å². The lowest BCUT2D eigenvalue weighted by Crippen LogP contribution is -2.54. The molecule has 5 nitrogen and oxygen atoms in total. The smallest absolute Gasteiger partial charge is 0.305 e. The number of carboxylic acids is 1. The Balaban J connectivity index is 2.29. The van der Waals surface area contributed by atoms with Gasteiger partial charge in [0.2, 0.25) is 10.0 Å². The van der Waals surface area contributed by atoms with E-state index in [2.05, 4.69) is 4.72 Å². The Labute approximate surface area is 116 Å². The minimum Gasteiger partial charge on any atom is -0.481 e. The van der Waals surface area contributed by atoms with Crippen LogP contribution in [0.15, 0.2) is 23.1 Å². The molecule has 110 valence electrons. The van der Waals surface area contributed by atoms with Crippen molar-refractivity contribution in [2.24, 2.45) is 0 Å². The Morgan fingerprint density at radius 3 is 2.55 bits per heavy atom. The van der Waals surface area contributed by atoms with E-state index < -0.39 is 27.3 Å². The third-order valence-corrected chi connectivity index (χ3v) is 5.32. The molecule has 0 amide bonds. The number of rotatable bonds is 5. The van der Waals surface area contributed by atoms with E-state index in [0.29, 0.717) is 18.4 Å². The average molecular weight is 301 g/mol. The first-order chi connectivity index (χ1) is 9.24. The monoisotopic (exact) mass is 301 g/mol. The fraction of sp³-hybridized carbons (Fsp3) is 0.462. The minimum absolute atomic E-state index is 0.0180. The van der Waals surface area contributed by atoms with E-state index in [-0.39, 0.29) is 11.3 Å². The van der Waals surface area contributed by atoms with E-state index in [0.717, 1.165) is 18.6 Å². The molecule has 0 aromatic heterocycles. The van der Waals surface area contributed by atoms with Crippen LogP contribution in [0.2, 0.25) is 0 Å². The molecule has 1 aromatic carbocycles. The van der Waals surface area contributed by atoms with Gasteiger partial charge in [0.1, 0.15) is 5.82 Å². The number of carbonyl (C=O) groups is 1. The average Bonchev–Trinajstić information content (AvgIpc) is 2.24. The number of hydrogen-bond donors (Lipinski definition) is 2. The van der Waals surface area contributed by atoms with Gasteiger partial charge < -0.3 is 5.11 Å². The number of nitrogens with one attached hydrogen (secondary N) is 1. The Bertz CT molecular complexity index is 638. The minimum atomic E-state index is -3.85. The zero-order valence-corrected chi connectivity index (χ0v) is 11.8. The molecule has 1 aliphatic rings. The highest BCUT2D eigenvalue weighted by Crippen LogP contribution is 2.36. The van der Waals surface area contributed by atoms with Gasteiger partial charge in [-0.2, -0.15) is 0 Å². The van der Waals surface area contributed by atoms with Crippen molar-refractivity contribution in [1.82, 2.24) is 4.72 Å². The molecule has 1 saturated carbocycles. The van der Waals surface area contributed by atoms with E-state index in [1.54, 1.807) is 0 Å². The second kappa shape index (κ2) is 5.14. The molecule has 1 aromatic rings. The number of sulfonamides is 1. The number of benzene rings is 1. The van der Waals surface area contributed by atoms with Gasteiger partial charge in [0, 0.05) is 5.54 Å². The van der Waals surface area contributed by atoms with Crippen molar-refractivity contribution in [1.29, 1.82) is 0 Å². The molecule has 2 N–H and O–H groups in total. The highest BCUT2D eigenvalue weighted by atomic mass is 32.2. The number of hydrogen-bond acceptors (Lipinski definition) is 3. The number of aliphatic carboxylic acids is 1. The largest absolute Gasteiger partial charge is 0.481 e. The summed E-state index contributed by atoms with van der Waals surface area (Å²) in [6, 6.07) is 3.41. The first-order valence-electron chi connectivity index (χ1n) is 6.26. The third-order valence-electron chi connectivity index (χ3n) is 3.58. The van der Waals surface area contributed by atoms with Crippen molar-refractivity contribution in [3.8, 4) is 0 Å². The van der Waals surface area contributed by atoms with Gasteiger partial charge in [0.15, 0.2) is 0 Å². The van der Waals surface area contributed by atoms with Crippen LogP contribution in [0.5, 0.6) is 0 Å². The first kappa shape index (κ1) is 14.9. The highest BCUT2D eigenvalue weighted by Gasteiger charge is 2.42. The van der Waals surface area contributed by atoms with Crippen molar-refractivity contribution in [3.63, 3.8) is 0 Å². The fourth-order valence-electron chi connectivity index (χ4n) is 2.46. The summed E-state index contributed by atoms with van der Waals surface area (Å²) in [7, 11) is -3.85. The summed E-state index contributed by atoms with van der Waals surface area (Å²) in [5, 5.41) is 8.89. The maximum Gasteiger partial charge on any atom is 0.305 e. The van der Waals surface area contributed by atoms with Crippen molar-refractivity contribution >= 4 is 16.0 Å². The maximum absolute atomic E-state index is 13.0. The lowest BCUT2D eigenvalue weighted by atomic mass is 9.75. The standard InChI is InChI=1S/C13H16FNO4S/c1-9-7-10(14)3-4-11(9)20(18,19)15-13(5-2-6-13)8-12(16)17/h3-4,7,15H,2,5-6,8H2,1H3,(H,16,17). The van der Waals surface area contributed by atoms with Crippen LogP contribution in [0, 0.1) is 12.7 Å². The molecular formula is C13H16FNO4S. The zero-order valence-electron chi connectivity index (χ0n) is 11.0. The van der Waals surface area contributed by atoms with Crippen LogP contribution >= 0.6 is 0 Å². The van der Waals surface area contributed by atoms with Gasteiger partial charge >= 0.3 is 5.97 Å². The fourth-order valence-corrected chi connectivity index (χ4v) is 4.15. The van der Waals surface area contributed by atoms with Crippen molar-refractivity contribution < 1.29 is 22.7 Å². The van der Waals surface area contributed by atoms with E-state index in [1.807, 2.05) is 0 Å². The molecule has 0 unspecified atom stereocenters. The summed E-state index contributed by atoms with van der Waals surface area (Å²) in [5.41, 5.74) is -0.617. The van der Waals surface area contributed by atoms with Gasteiger partial charge in [-0.05, 0) is 49.9 Å². The Morgan fingerprint density at radius 1 is 1.45 bits per heavy atom. The van der Waals surface area contributed by atoms with Crippen molar-refractivity contribution in [2.45, 2.75) is 43.0 Å². The number of halogens is 1. The van der Waals surface area contributed by atoms with E-state index in [9.17, 15) is 17.6 Å². The second-order valence-corrected chi connectivity index (χ2v) is 6.87. The van der Waals surface area contributed by atoms with E-state index in [1.165, 1.54) is 13.0 Å². The predicted molar refractivity (Wildman–Crippen MR) is 70.3 cm³/mol. The van der Waals surface area contributed by atoms with Gasteiger partial charge in [-0.3, -0.25) is 4.79 Å². The lowest BCUT2D eigenvalue weighted by Gasteiger charge is -2.41. The zero-order chi connectivity index (χ0) is 15.0. The quantitative estimate of drug-likeness (QED) is 0.869. The Hall–Kier alpha value is -1.47. The van der Waals surface area contributed by atoms with Crippen LogP contribution < -0.4 is 4.72 Å². The van der Waals surface area contributed by atoms with Gasteiger partial charge in [-0.25, -0.2) is 17.5 Å². The molecule has 7 heteroatoms. The van der Waals surface area contributed by atoms with Crippen LogP contribution in [0.1, 0.15) is 31.2 Å². The molecule has 0 saturated heterocycles. The Kier molecular flexibility index (Phi) is 3.84. The summed E-state index contributed by atoms with van der Waals surface area (Å²) in [6.45, 7) is 1.50. The number of carboxylic acid groups (broad SMARTS) is 1. The molecule has 1 fully saturated rings. The molecule has 0 bridgehead atoms. The van der Waals surface area contributed by atoms with Crippen LogP contribution in [0.4, 0.5) is 4.39 Å². The molecule has 0 heterocycles. The van der Waals surface area contributed by atoms with Crippen LogP contribution in [0.3, 0.4) is 0 Å². The normalized spacial score (nSPS) is 17.5. The van der Waals surface area contributed by atoms with Crippen LogP contribution in [-0.2, 0) is 14.8 Å². The third kappa shape index (κ3) is 2.99. The summed E-state index contributed by atoms with van der Waals surface area (Å²) in [4.78, 5) is 10.8. The van der Waals surface area contributed by atoms with Gasteiger partial charge in [-0.1, -0.05) is 0 Å². The summed E-state index contributed by atoms with van der Waals surface area (Å²) < 4.78 is 40.2. The lowest BCUT2D eigenvalue weighted by molar-refractivity contribution is -0.139. The summed E-state index contributed by atoms with van der Waals surface area (Å²) in [6.07, 6.45) is 1.54. The molecule has 0 radical (unpaired) electrons. The molecule has 0 spiro atoms. The highest BCUT2D eigenvalue weighted by molar-refractivity contribution is 7.89. The maximum atomic E-state index is 13.0. The van der Waals surface area contributed by atoms with Crippen LogP contribution in [0.25, 0.3) is 0 Å². The van der Waals surface area contributed by atoms with Crippen LogP contribution in [-0.4, -0.2) is 25.0 Å². The van der Waals surface area contributed by atoms with Crippen molar-refractivity contribution in [2.75, 3.05) is 0 Å². The Morgan fingerprint density at radius 2 is 2.10 bits per heavy atom. The second-order valence-electron chi connectivity index (χ2n) is 5.22. The molecule has 1 aliphatic carbocycles. The van der Waals surface area contributed by atoms with E-state index in [4.69, 9.17) is 5.11 Å². The van der Waals surface area contributed by atoms with Gasteiger partial charge in [-0.15, -0.1) is 0 Å². The SMILES string of the molecule is Cc1cc(F)ccc1S(=O)(=O)NC1(CC(=O)O)CCC1. The first-order valence-corrected chi connectivity index (χ1v) is 7.74. The molecule has 2 rings (SSSR count). The predicted octanol–water partition coefficient (Wildman–Crippen LogP) is 1.81. The molecule has 0 aliphatic heterocycles. The van der Waals surface area contributed by atoms with E-state index >= 15 is 0 Å². The molecule has 0 atom stereocenters. The number of aryl methyl sites for hydroxylation is 1. The molecular weight excluding hydrogens is 285 g/mol. The summed E-state index contributed by atoms with van der Waals surface area (Å²) in [5.74, 6) is -1.55. The van der Waals surface area contributed by atoms with Gasteiger partial charge in [0.05, 0.1) is 11.3 Å².